The van der Waals surface area contributed by atoms with Crippen molar-refractivity contribution in [1.82, 2.24) is 26.3 Å². The molecule has 0 aliphatic heterocycles. The van der Waals surface area contributed by atoms with E-state index >= 15 is 0 Å². The minimum Gasteiger partial charge on any atom is -0.481 e. The Bertz CT molecular complexity index is 1430. The number of carbonyl (C=O) groups excluding carboxylic acids is 4. The summed E-state index contributed by atoms with van der Waals surface area (Å²) < 4.78 is 19.1. The van der Waals surface area contributed by atoms with E-state index in [1.165, 1.54) is 24.4 Å². The number of rotatable bonds is 22. The maximum absolute atomic E-state index is 13.5. The first-order chi connectivity index (χ1) is 23.8. The van der Waals surface area contributed by atoms with Crippen LogP contribution in [0.5, 0.6) is 0 Å². The predicted octanol–water partition coefficient (Wildman–Crippen LogP) is 4.54. The van der Waals surface area contributed by atoms with E-state index < -0.39 is 53.8 Å². The van der Waals surface area contributed by atoms with Gasteiger partial charge in [0.1, 0.15) is 22.6 Å². The molecule has 1 saturated carbocycles. The lowest BCUT2D eigenvalue weighted by molar-refractivity contribution is -0.147. The predicted molar refractivity (Wildman–Crippen MR) is 188 cm³/mol. The number of unbranched alkanes of at least 4 members (excludes halogenated alkanes) is 2. The first-order valence-corrected chi connectivity index (χ1v) is 18.3. The third-order valence-electron chi connectivity index (χ3n) is 8.75. The van der Waals surface area contributed by atoms with Crippen LogP contribution >= 0.6 is 11.3 Å². The third kappa shape index (κ3) is 13.8. The maximum atomic E-state index is 13.5. The van der Waals surface area contributed by atoms with Gasteiger partial charge in [0.25, 0.3) is 5.91 Å². The molecule has 1 fully saturated rings. The van der Waals surface area contributed by atoms with Gasteiger partial charge in [0.2, 0.25) is 11.8 Å². The van der Waals surface area contributed by atoms with Gasteiger partial charge in [0.15, 0.2) is 6.10 Å². The maximum Gasteiger partial charge on any atom is 0.306 e. The molecule has 1 aliphatic rings. The lowest BCUT2D eigenvalue weighted by atomic mass is 9.96. The number of nitrogens with zero attached hydrogens (tertiary/aromatic N) is 1. The van der Waals surface area contributed by atoms with Crippen molar-refractivity contribution < 1.29 is 38.2 Å². The van der Waals surface area contributed by atoms with Gasteiger partial charge in [-0.1, -0.05) is 39.3 Å². The van der Waals surface area contributed by atoms with E-state index in [1.807, 2.05) is 20.9 Å². The molecule has 50 heavy (non-hydrogen) atoms. The Hall–Kier alpha value is -3.91. The molecule has 0 saturated heterocycles. The Labute approximate surface area is 297 Å². The number of benzene rings is 1. The van der Waals surface area contributed by atoms with Crippen LogP contribution in [0, 0.1) is 23.6 Å². The zero-order valence-electron chi connectivity index (χ0n) is 29.6. The van der Waals surface area contributed by atoms with Crippen molar-refractivity contribution in [3.05, 3.63) is 51.7 Å². The Balaban J connectivity index is 1.70. The highest BCUT2D eigenvalue weighted by atomic mass is 32.1. The molecule has 5 N–H and O–H groups in total. The van der Waals surface area contributed by atoms with Gasteiger partial charge in [-0.3, -0.25) is 24.0 Å². The SMILES string of the molecule is CNCCCCCC(=O)N[C@H](C(=O)N[C@H](C[C@@H](OC(C)=O)c1nc(C(=O)N[C@@H](Cc2ccc(F)cc2)C[C@H](C)C(=O)O)cs1)C(C)C)C1CC1. The van der Waals surface area contributed by atoms with Gasteiger partial charge in [0, 0.05) is 37.2 Å². The molecule has 1 aromatic carbocycles. The number of nitrogens with one attached hydrogen (secondary N) is 4. The number of hydrogen-bond donors (Lipinski definition) is 5. The fourth-order valence-electron chi connectivity index (χ4n) is 5.66. The van der Waals surface area contributed by atoms with E-state index in [0.29, 0.717) is 11.4 Å². The Kier molecular flexibility index (Phi) is 16.3. The number of hydrogen-bond acceptors (Lipinski definition) is 9. The first kappa shape index (κ1) is 40.5. The largest absolute Gasteiger partial charge is 0.481 e. The number of carboxylic acid groups (broad SMARTS) is 1. The van der Waals surface area contributed by atoms with Gasteiger partial charge in [-0.2, -0.15) is 0 Å². The number of aromatic nitrogens is 1. The zero-order chi connectivity index (χ0) is 36.8. The lowest BCUT2D eigenvalue weighted by Crippen LogP contribution is -2.52. The van der Waals surface area contributed by atoms with Gasteiger partial charge in [0.05, 0.1) is 5.92 Å². The van der Waals surface area contributed by atoms with Gasteiger partial charge in [-0.15, -0.1) is 11.3 Å². The number of carbonyl (C=O) groups is 5. The van der Waals surface area contributed by atoms with Crippen molar-refractivity contribution in [1.29, 1.82) is 0 Å². The summed E-state index contributed by atoms with van der Waals surface area (Å²) in [5.41, 5.74) is 0.801. The summed E-state index contributed by atoms with van der Waals surface area (Å²) in [6.07, 6.45) is 4.46. The van der Waals surface area contributed by atoms with E-state index in [2.05, 4.69) is 26.3 Å². The second-order valence-electron chi connectivity index (χ2n) is 13.5. The molecule has 276 valence electrons. The molecule has 1 aromatic heterocycles. The van der Waals surface area contributed by atoms with Gasteiger partial charge < -0.3 is 31.1 Å². The van der Waals surface area contributed by atoms with Crippen molar-refractivity contribution >= 4 is 41.0 Å². The Morgan fingerprint density at radius 3 is 2.30 bits per heavy atom. The number of aliphatic carboxylic acids is 1. The standard InChI is InChI=1S/C36H52FN5O7S/c1-21(2)28(40-34(46)32(25-12-13-25)42-31(44)9-7-6-8-16-38-5)19-30(49-23(4)43)35-41-29(20-50-35)33(45)39-27(17-22(3)36(47)48)18-24-10-14-26(37)15-11-24/h10-11,14-15,20-22,25,27-28,30,32,38H,6-9,12-13,16-19H2,1-5H3,(H,39,45)(H,40,46)(H,42,44)(H,47,48)/t22-,27+,28+,30+,32-/m0/s1. The van der Waals surface area contributed by atoms with Crippen LogP contribution in [-0.2, 0) is 30.3 Å². The molecule has 0 unspecified atom stereocenters. The smallest absolute Gasteiger partial charge is 0.306 e. The number of esters is 1. The molecule has 14 heteroatoms. The van der Waals surface area contributed by atoms with Crippen LogP contribution in [0.2, 0.25) is 0 Å². The van der Waals surface area contributed by atoms with E-state index in [-0.39, 0.29) is 48.6 Å². The Morgan fingerprint density at radius 1 is 1.00 bits per heavy atom. The molecule has 2 aromatic rings. The normalized spacial score (nSPS) is 15.7. The average molecular weight is 718 g/mol. The summed E-state index contributed by atoms with van der Waals surface area (Å²) in [7, 11) is 1.89. The molecule has 5 atom stereocenters. The van der Waals surface area contributed by atoms with Crippen molar-refractivity contribution in [2.75, 3.05) is 13.6 Å². The second kappa shape index (κ2) is 20.1. The average Bonchev–Trinajstić information content (AvgIpc) is 3.77. The number of amides is 3. The molecule has 12 nitrogen and oxygen atoms in total. The zero-order valence-corrected chi connectivity index (χ0v) is 30.4. The van der Waals surface area contributed by atoms with E-state index in [4.69, 9.17) is 4.74 Å². The van der Waals surface area contributed by atoms with Crippen LogP contribution in [0.15, 0.2) is 29.6 Å². The monoisotopic (exact) mass is 717 g/mol. The lowest BCUT2D eigenvalue weighted by Gasteiger charge is -2.28. The molecular weight excluding hydrogens is 665 g/mol. The van der Waals surface area contributed by atoms with Crippen LogP contribution < -0.4 is 21.3 Å². The number of halogens is 1. The minimum absolute atomic E-state index is 0.0640. The number of carboxylic acids is 1. The van der Waals surface area contributed by atoms with Gasteiger partial charge in [-0.25, -0.2) is 9.37 Å². The molecule has 1 aliphatic carbocycles. The van der Waals surface area contributed by atoms with Crippen LogP contribution in [-0.4, -0.2) is 71.5 Å². The van der Waals surface area contributed by atoms with Crippen LogP contribution in [0.3, 0.4) is 0 Å². The van der Waals surface area contributed by atoms with Gasteiger partial charge >= 0.3 is 11.9 Å². The van der Waals surface area contributed by atoms with Crippen molar-refractivity contribution in [3.8, 4) is 0 Å². The van der Waals surface area contributed by atoms with Gasteiger partial charge in [-0.05, 0) is 81.6 Å². The van der Waals surface area contributed by atoms with E-state index in [9.17, 15) is 33.5 Å². The quantitative estimate of drug-likeness (QED) is 0.0865. The van der Waals surface area contributed by atoms with Crippen molar-refractivity contribution in [3.63, 3.8) is 0 Å². The molecule has 1 heterocycles. The van der Waals surface area contributed by atoms with E-state index in [0.717, 1.165) is 55.5 Å². The van der Waals surface area contributed by atoms with Crippen LogP contribution in [0.25, 0.3) is 0 Å². The van der Waals surface area contributed by atoms with Crippen molar-refractivity contribution in [2.45, 2.75) is 110 Å². The highest BCUT2D eigenvalue weighted by Crippen LogP contribution is 2.34. The summed E-state index contributed by atoms with van der Waals surface area (Å²) in [6, 6.07) is 4.12. The number of thiazole rings is 1. The Morgan fingerprint density at radius 2 is 1.70 bits per heavy atom. The summed E-state index contributed by atoms with van der Waals surface area (Å²) in [6.45, 7) is 7.59. The van der Waals surface area contributed by atoms with Crippen LogP contribution in [0.4, 0.5) is 4.39 Å². The molecule has 0 radical (unpaired) electrons. The highest BCUT2D eigenvalue weighted by Gasteiger charge is 2.39. The summed E-state index contributed by atoms with van der Waals surface area (Å²) in [5, 5.41) is 23.4. The fraction of sp³-hybridized carbons (Fsp3) is 0.611. The summed E-state index contributed by atoms with van der Waals surface area (Å²) in [5.74, 6) is -3.65. The molecule has 3 rings (SSSR count). The molecule has 0 spiro atoms. The number of ether oxygens (including phenoxy) is 1. The van der Waals surface area contributed by atoms with Crippen molar-refractivity contribution in [2.24, 2.45) is 17.8 Å². The third-order valence-corrected chi connectivity index (χ3v) is 9.69. The van der Waals surface area contributed by atoms with Crippen LogP contribution in [0.1, 0.15) is 106 Å². The molecule has 0 bridgehead atoms. The fourth-order valence-corrected chi connectivity index (χ4v) is 6.50. The van der Waals surface area contributed by atoms with E-state index in [1.54, 1.807) is 19.1 Å². The summed E-state index contributed by atoms with van der Waals surface area (Å²) in [4.78, 5) is 67.8. The summed E-state index contributed by atoms with van der Waals surface area (Å²) >= 11 is 1.14. The first-order valence-electron chi connectivity index (χ1n) is 17.4. The second-order valence-corrected chi connectivity index (χ2v) is 14.4. The molecular formula is C36H52FN5O7S. The highest BCUT2D eigenvalue weighted by molar-refractivity contribution is 7.09. The topological polar surface area (TPSA) is 176 Å². The minimum atomic E-state index is -1.00. The molecule has 3 amide bonds.